The van der Waals surface area contributed by atoms with Gasteiger partial charge in [-0.3, -0.25) is 4.79 Å². The van der Waals surface area contributed by atoms with E-state index in [-0.39, 0.29) is 5.91 Å². The molecule has 3 heteroatoms. The highest BCUT2D eigenvalue weighted by molar-refractivity contribution is 5.79. The molecular weight excluding hydrogens is 238 g/mol. The maximum Gasteiger partial charge on any atom is 0.224 e. The second-order valence-corrected chi connectivity index (χ2v) is 5.63. The summed E-state index contributed by atoms with van der Waals surface area (Å²) in [7, 11) is 0. The van der Waals surface area contributed by atoms with Gasteiger partial charge in [0.2, 0.25) is 5.91 Å². The van der Waals surface area contributed by atoms with Gasteiger partial charge in [0.05, 0.1) is 12.0 Å². The topological polar surface area (TPSA) is 49.3 Å². The monoisotopic (exact) mass is 263 g/mol. The van der Waals surface area contributed by atoms with Gasteiger partial charge in [0.25, 0.3) is 0 Å². The van der Waals surface area contributed by atoms with Crippen molar-refractivity contribution in [2.45, 2.75) is 52.6 Å². The smallest absolute Gasteiger partial charge is 0.224 e. The van der Waals surface area contributed by atoms with Crippen LogP contribution in [-0.4, -0.2) is 23.2 Å². The minimum absolute atomic E-state index is 0.0370. The standard InChI is InChI=1S/C16H25NO2/c1-5-8-16(4,19)11-17-15(18)10-14-9-12(2)6-7-13(14)3/h6-7,9,19H,5,8,10-11H2,1-4H3,(H,17,18). The first-order valence-electron chi connectivity index (χ1n) is 6.89. The normalized spacial score (nSPS) is 13.9. The van der Waals surface area contributed by atoms with Crippen LogP contribution in [0.5, 0.6) is 0 Å². The zero-order valence-corrected chi connectivity index (χ0v) is 12.4. The molecular formula is C16H25NO2. The van der Waals surface area contributed by atoms with Crippen molar-refractivity contribution >= 4 is 5.91 Å². The number of aryl methyl sites for hydroxylation is 2. The largest absolute Gasteiger partial charge is 0.388 e. The minimum Gasteiger partial charge on any atom is -0.388 e. The number of aliphatic hydroxyl groups is 1. The molecule has 1 unspecified atom stereocenters. The van der Waals surface area contributed by atoms with Gasteiger partial charge in [-0.1, -0.05) is 37.1 Å². The first kappa shape index (κ1) is 15.7. The maximum atomic E-state index is 11.9. The predicted octanol–water partition coefficient (Wildman–Crippen LogP) is 2.51. The van der Waals surface area contributed by atoms with Crippen molar-refractivity contribution < 1.29 is 9.90 Å². The first-order valence-corrected chi connectivity index (χ1v) is 6.89. The van der Waals surface area contributed by atoms with Crippen LogP contribution in [0, 0.1) is 13.8 Å². The van der Waals surface area contributed by atoms with Crippen molar-refractivity contribution in [2.75, 3.05) is 6.54 Å². The van der Waals surface area contributed by atoms with E-state index in [0.717, 1.165) is 23.1 Å². The first-order chi connectivity index (χ1) is 8.84. The van der Waals surface area contributed by atoms with Crippen LogP contribution in [0.2, 0.25) is 0 Å². The van der Waals surface area contributed by atoms with Crippen molar-refractivity contribution in [3.63, 3.8) is 0 Å². The molecule has 1 amide bonds. The quantitative estimate of drug-likeness (QED) is 0.828. The average molecular weight is 263 g/mol. The highest BCUT2D eigenvalue weighted by Gasteiger charge is 2.19. The lowest BCUT2D eigenvalue weighted by Gasteiger charge is -2.23. The van der Waals surface area contributed by atoms with E-state index in [1.54, 1.807) is 6.92 Å². The van der Waals surface area contributed by atoms with Gasteiger partial charge < -0.3 is 10.4 Å². The summed E-state index contributed by atoms with van der Waals surface area (Å²) in [5, 5.41) is 12.8. The molecule has 106 valence electrons. The van der Waals surface area contributed by atoms with E-state index in [2.05, 4.69) is 5.32 Å². The second kappa shape index (κ2) is 6.71. The van der Waals surface area contributed by atoms with Gasteiger partial charge in [-0.2, -0.15) is 0 Å². The van der Waals surface area contributed by atoms with E-state index < -0.39 is 5.60 Å². The molecule has 1 atom stereocenters. The summed E-state index contributed by atoms with van der Waals surface area (Å²) in [6, 6.07) is 6.12. The zero-order valence-electron chi connectivity index (χ0n) is 12.4. The number of carbonyl (C=O) groups excluding carboxylic acids is 1. The fourth-order valence-electron chi connectivity index (χ4n) is 2.14. The molecule has 0 aliphatic rings. The van der Waals surface area contributed by atoms with E-state index in [1.165, 1.54) is 0 Å². The molecule has 1 aromatic carbocycles. The van der Waals surface area contributed by atoms with Gasteiger partial charge >= 0.3 is 0 Å². The minimum atomic E-state index is -0.813. The molecule has 0 radical (unpaired) electrons. The van der Waals surface area contributed by atoms with Gasteiger partial charge in [-0.05, 0) is 38.3 Å². The predicted molar refractivity (Wildman–Crippen MR) is 78.2 cm³/mol. The number of hydrogen-bond acceptors (Lipinski definition) is 2. The Morgan fingerprint density at radius 1 is 1.37 bits per heavy atom. The van der Waals surface area contributed by atoms with Crippen LogP contribution < -0.4 is 5.32 Å². The van der Waals surface area contributed by atoms with Crippen LogP contribution in [0.25, 0.3) is 0 Å². The summed E-state index contributed by atoms with van der Waals surface area (Å²) in [6.07, 6.45) is 1.96. The van der Waals surface area contributed by atoms with E-state index in [4.69, 9.17) is 0 Å². The molecule has 0 aromatic heterocycles. The Bertz CT molecular complexity index is 438. The molecule has 3 nitrogen and oxygen atoms in total. The van der Waals surface area contributed by atoms with Crippen LogP contribution in [0.3, 0.4) is 0 Å². The number of carbonyl (C=O) groups is 1. The van der Waals surface area contributed by atoms with Crippen molar-refractivity contribution in [1.29, 1.82) is 0 Å². The van der Waals surface area contributed by atoms with Crippen molar-refractivity contribution in [3.8, 4) is 0 Å². The molecule has 0 spiro atoms. The van der Waals surface area contributed by atoms with Gasteiger partial charge in [0.15, 0.2) is 0 Å². The second-order valence-electron chi connectivity index (χ2n) is 5.63. The maximum absolute atomic E-state index is 11.9. The number of benzene rings is 1. The third kappa shape index (κ3) is 5.43. The summed E-state index contributed by atoms with van der Waals surface area (Å²) in [4.78, 5) is 11.9. The average Bonchev–Trinajstić information content (AvgIpc) is 2.31. The number of amides is 1. The molecule has 0 saturated carbocycles. The zero-order chi connectivity index (χ0) is 14.5. The van der Waals surface area contributed by atoms with Crippen LogP contribution in [0.15, 0.2) is 18.2 Å². The van der Waals surface area contributed by atoms with Crippen LogP contribution >= 0.6 is 0 Å². The van der Waals surface area contributed by atoms with Crippen LogP contribution in [0.1, 0.15) is 43.4 Å². The summed E-state index contributed by atoms with van der Waals surface area (Å²) >= 11 is 0. The molecule has 2 N–H and O–H groups in total. The van der Waals surface area contributed by atoms with Crippen molar-refractivity contribution in [1.82, 2.24) is 5.32 Å². The molecule has 0 bridgehead atoms. The van der Waals surface area contributed by atoms with E-state index in [1.807, 2.05) is 39.0 Å². The fourth-order valence-corrected chi connectivity index (χ4v) is 2.14. The summed E-state index contributed by atoms with van der Waals surface area (Å²) in [5.74, 6) is -0.0370. The van der Waals surface area contributed by atoms with Crippen molar-refractivity contribution in [2.24, 2.45) is 0 Å². The molecule has 0 saturated heterocycles. The van der Waals surface area contributed by atoms with Gasteiger partial charge in [0.1, 0.15) is 0 Å². The SMILES string of the molecule is CCCC(C)(O)CNC(=O)Cc1cc(C)ccc1C. The van der Waals surface area contributed by atoms with Crippen LogP contribution in [0.4, 0.5) is 0 Å². The van der Waals surface area contributed by atoms with E-state index >= 15 is 0 Å². The van der Waals surface area contributed by atoms with E-state index in [9.17, 15) is 9.90 Å². The molecule has 1 rings (SSSR count). The fraction of sp³-hybridized carbons (Fsp3) is 0.562. The summed E-state index contributed by atoms with van der Waals surface area (Å²) in [6.45, 7) is 8.12. The summed E-state index contributed by atoms with van der Waals surface area (Å²) < 4.78 is 0. The third-order valence-electron chi connectivity index (χ3n) is 3.31. The Morgan fingerprint density at radius 3 is 2.68 bits per heavy atom. The Kier molecular flexibility index (Phi) is 5.55. The molecule has 0 aliphatic heterocycles. The molecule has 1 aromatic rings. The lowest BCUT2D eigenvalue weighted by Crippen LogP contribution is -2.41. The summed E-state index contributed by atoms with van der Waals surface area (Å²) in [5.41, 5.74) is 2.52. The molecule has 0 aliphatic carbocycles. The van der Waals surface area contributed by atoms with E-state index in [0.29, 0.717) is 19.4 Å². The highest BCUT2D eigenvalue weighted by Crippen LogP contribution is 2.12. The van der Waals surface area contributed by atoms with Crippen LogP contribution in [-0.2, 0) is 11.2 Å². The molecule has 19 heavy (non-hydrogen) atoms. The molecule has 0 heterocycles. The third-order valence-corrected chi connectivity index (χ3v) is 3.31. The Hall–Kier alpha value is -1.35. The Labute approximate surface area is 116 Å². The van der Waals surface area contributed by atoms with Gasteiger partial charge in [-0.25, -0.2) is 0 Å². The lowest BCUT2D eigenvalue weighted by molar-refractivity contribution is -0.121. The number of hydrogen-bond donors (Lipinski definition) is 2. The van der Waals surface area contributed by atoms with Gasteiger partial charge in [0, 0.05) is 6.54 Å². The Morgan fingerprint density at radius 2 is 2.05 bits per heavy atom. The number of rotatable bonds is 6. The highest BCUT2D eigenvalue weighted by atomic mass is 16.3. The Balaban J connectivity index is 2.54. The number of nitrogens with one attached hydrogen (secondary N) is 1. The lowest BCUT2D eigenvalue weighted by atomic mass is 10.00. The van der Waals surface area contributed by atoms with Crippen molar-refractivity contribution in [3.05, 3.63) is 34.9 Å². The molecule has 0 fully saturated rings. The van der Waals surface area contributed by atoms with Gasteiger partial charge in [-0.15, -0.1) is 0 Å².